The highest BCUT2D eigenvalue weighted by molar-refractivity contribution is 5.92. The van der Waals surface area contributed by atoms with Gasteiger partial charge in [-0.1, -0.05) is 42.5 Å². The number of esters is 1. The summed E-state index contributed by atoms with van der Waals surface area (Å²) in [6.45, 7) is 2.65. The van der Waals surface area contributed by atoms with E-state index in [0.717, 1.165) is 36.2 Å². The number of anilines is 1. The van der Waals surface area contributed by atoms with Crippen LogP contribution < -0.4 is 10.6 Å². The number of piperidine rings is 1. The quantitative estimate of drug-likeness (QED) is 0.587. The summed E-state index contributed by atoms with van der Waals surface area (Å²) in [5, 5.41) is 0. The van der Waals surface area contributed by atoms with Crippen LogP contribution in [0.1, 0.15) is 34.5 Å². The molecule has 176 valence electrons. The van der Waals surface area contributed by atoms with Crippen molar-refractivity contribution in [3.05, 3.63) is 77.6 Å². The molecule has 2 aliphatic heterocycles. The number of carbonyl (C=O) groups excluding carboxylic acids is 2. The summed E-state index contributed by atoms with van der Waals surface area (Å²) in [5.74, 6) is 0.706. The van der Waals surface area contributed by atoms with E-state index in [1.807, 2.05) is 47.4 Å². The SMILES string of the molecule is COC(=O)CN1CC2(CCN(C(=O)c3ccc(-c4ccccc4)o3)CC2)c2cc(CN)ccc21. The maximum atomic E-state index is 13.2. The van der Waals surface area contributed by atoms with Crippen LogP contribution in [0.15, 0.2) is 65.1 Å². The number of benzene rings is 2. The van der Waals surface area contributed by atoms with Crippen LogP contribution in [-0.2, 0) is 21.5 Å². The first-order chi connectivity index (χ1) is 16.5. The predicted molar refractivity (Wildman–Crippen MR) is 130 cm³/mol. The summed E-state index contributed by atoms with van der Waals surface area (Å²) in [6.07, 6.45) is 1.62. The molecule has 2 aliphatic rings. The van der Waals surface area contributed by atoms with Gasteiger partial charge in [0.25, 0.3) is 5.91 Å². The molecule has 0 atom stereocenters. The van der Waals surface area contributed by atoms with Crippen LogP contribution in [0.5, 0.6) is 0 Å². The van der Waals surface area contributed by atoms with Gasteiger partial charge in [0.05, 0.1) is 7.11 Å². The van der Waals surface area contributed by atoms with Gasteiger partial charge in [0.2, 0.25) is 0 Å². The number of nitrogens with zero attached hydrogens (tertiary/aromatic N) is 2. The van der Waals surface area contributed by atoms with E-state index in [2.05, 4.69) is 17.0 Å². The van der Waals surface area contributed by atoms with Crippen molar-refractivity contribution in [1.82, 2.24) is 4.90 Å². The molecule has 1 amide bonds. The second kappa shape index (κ2) is 8.99. The molecule has 7 nitrogen and oxygen atoms in total. The largest absolute Gasteiger partial charge is 0.468 e. The van der Waals surface area contributed by atoms with E-state index in [-0.39, 0.29) is 23.8 Å². The molecule has 1 fully saturated rings. The summed E-state index contributed by atoms with van der Waals surface area (Å²) in [7, 11) is 1.41. The number of likely N-dealkylation sites (tertiary alicyclic amines) is 1. The number of nitrogens with two attached hydrogens (primary N) is 1. The van der Waals surface area contributed by atoms with Crippen molar-refractivity contribution in [2.45, 2.75) is 24.8 Å². The molecule has 0 aliphatic carbocycles. The lowest BCUT2D eigenvalue weighted by Crippen LogP contribution is -2.47. The Balaban J connectivity index is 1.33. The highest BCUT2D eigenvalue weighted by Gasteiger charge is 2.46. The first kappa shape index (κ1) is 22.2. The molecule has 2 N–H and O–H groups in total. The minimum Gasteiger partial charge on any atom is -0.468 e. The van der Waals surface area contributed by atoms with E-state index < -0.39 is 0 Å². The fourth-order valence-corrected chi connectivity index (χ4v) is 5.24. The Hall–Kier alpha value is -3.58. The number of hydrogen-bond acceptors (Lipinski definition) is 6. The molecule has 3 heterocycles. The van der Waals surface area contributed by atoms with Gasteiger partial charge in [0, 0.05) is 42.8 Å². The van der Waals surface area contributed by atoms with Gasteiger partial charge in [-0.3, -0.25) is 9.59 Å². The van der Waals surface area contributed by atoms with Gasteiger partial charge in [0.1, 0.15) is 12.3 Å². The topological polar surface area (TPSA) is 89.0 Å². The molecule has 2 aromatic carbocycles. The lowest BCUT2D eigenvalue weighted by atomic mass is 9.74. The van der Waals surface area contributed by atoms with Gasteiger partial charge in [-0.05, 0) is 42.2 Å². The Labute approximate surface area is 199 Å². The van der Waals surface area contributed by atoms with Crippen molar-refractivity contribution in [3.8, 4) is 11.3 Å². The Morgan fingerprint density at radius 3 is 2.53 bits per heavy atom. The molecule has 0 bridgehead atoms. The lowest BCUT2D eigenvalue weighted by molar-refractivity contribution is -0.138. The normalized spacial score (nSPS) is 16.5. The van der Waals surface area contributed by atoms with Gasteiger partial charge < -0.3 is 24.7 Å². The molecule has 7 heteroatoms. The van der Waals surface area contributed by atoms with Crippen molar-refractivity contribution in [2.24, 2.45) is 5.73 Å². The van der Waals surface area contributed by atoms with Gasteiger partial charge >= 0.3 is 5.97 Å². The zero-order chi connectivity index (χ0) is 23.7. The molecule has 1 aromatic heterocycles. The predicted octanol–water partition coefficient (Wildman–Crippen LogP) is 3.57. The number of ether oxygens (including phenoxy) is 1. The third-order valence-electron chi connectivity index (χ3n) is 7.13. The van der Waals surface area contributed by atoms with E-state index in [4.69, 9.17) is 14.9 Å². The van der Waals surface area contributed by atoms with Gasteiger partial charge in [-0.15, -0.1) is 0 Å². The number of fused-ring (bicyclic) bond motifs is 2. The molecular weight excluding hydrogens is 430 g/mol. The fraction of sp³-hybridized carbons (Fsp3) is 0.333. The van der Waals surface area contributed by atoms with Crippen LogP contribution >= 0.6 is 0 Å². The maximum Gasteiger partial charge on any atom is 0.325 e. The van der Waals surface area contributed by atoms with Crippen LogP contribution in [0.2, 0.25) is 0 Å². The highest BCUT2D eigenvalue weighted by Crippen LogP contribution is 2.47. The molecule has 5 rings (SSSR count). The van der Waals surface area contributed by atoms with E-state index >= 15 is 0 Å². The summed E-state index contributed by atoms with van der Waals surface area (Å²) >= 11 is 0. The van der Waals surface area contributed by atoms with E-state index in [1.54, 1.807) is 6.07 Å². The van der Waals surface area contributed by atoms with Gasteiger partial charge in [-0.2, -0.15) is 0 Å². The van der Waals surface area contributed by atoms with Crippen molar-refractivity contribution >= 4 is 17.6 Å². The Kier molecular flexibility index (Phi) is 5.87. The molecule has 3 aromatic rings. The Morgan fingerprint density at radius 2 is 1.82 bits per heavy atom. The lowest BCUT2D eigenvalue weighted by Gasteiger charge is -2.39. The van der Waals surface area contributed by atoms with Crippen LogP contribution in [0.4, 0.5) is 5.69 Å². The fourth-order valence-electron chi connectivity index (χ4n) is 5.24. The number of hydrogen-bond donors (Lipinski definition) is 1. The molecular formula is C27H29N3O4. The van der Waals surface area contributed by atoms with E-state index in [0.29, 0.717) is 31.2 Å². The highest BCUT2D eigenvalue weighted by atomic mass is 16.5. The number of carbonyl (C=O) groups is 2. The van der Waals surface area contributed by atoms with Crippen molar-refractivity contribution < 1.29 is 18.7 Å². The first-order valence-corrected chi connectivity index (χ1v) is 11.6. The molecule has 0 saturated carbocycles. The zero-order valence-electron chi connectivity index (χ0n) is 19.3. The van der Waals surface area contributed by atoms with Crippen LogP contribution in [0.3, 0.4) is 0 Å². The van der Waals surface area contributed by atoms with Gasteiger partial charge in [-0.25, -0.2) is 0 Å². The average Bonchev–Trinajstić information content (AvgIpc) is 3.48. The van der Waals surface area contributed by atoms with Crippen molar-refractivity contribution in [3.63, 3.8) is 0 Å². The van der Waals surface area contributed by atoms with Crippen molar-refractivity contribution in [1.29, 1.82) is 0 Å². The molecule has 34 heavy (non-hydrogen) atoms. The summed E-state index contributed by atoms with van der Waals surface area (Å²) < 4.78 is 10.8. The van der Waals surface area contributed by atoms with E-state index in [9.17, 15) is 9.59 Å². The standard InChI is InChI=1S/C27H29N3O4/c1-33-25(31)17-30-18-27(21-15-19(16-28)7-8-22(21)30)11-13-29(14-12-27)26(32)24-10-9-23(34-24)20-5-3-2-4-6-20/h2-10,15H,11-14,16-18,28H2,1H3. The minimum atomic E-state index is -0.259. The second-order valence-electron chi connectivity index (χ2n) is 9.09. The zero-order valence-corrected chi connectivity index (χ0v) is 19.3. The Morgan fingerprint density at radius 1 is 1.06 bits per heavy atom. The summed E-state index contributed by atoms with van der Waals surface area (Å²) in [5.41, 5.74) is 10.1. The maximum absolute atomic E-state index is 13.2. The van der Waals surface area contributed by atoms with Crippen LogP contribution in [-0.4, -0.2) is 50.1 Å². The van der Waals surface area contributed by atoms with Crippen LogP contribution in [0, 0.1) is 0 Å². The molecule has 0 unspecified atom stereocenters. The summed E-state index contributed by atoms with van der Waals surface area (Å²) in [6, 6.07) is 19.6. The van der Waals surface area contributed by atoms with Crippen molar-refractivity contribution in [2.75, 3.05) is 38.2 Å². The molecule has 1 saturated heterocycles. The summed E-state index contributed by atoms with van der Waals surface area (Å²) in [4.78, 5) is 29.2. The van der Waals surface area contributed by atoms with Gasteiger partial charge in [0.15, 0.2) is 5.76 Å². The monoisotopic (exact) mass is 459 g/mol. The van der Waals surface area contributed by atoms with Crippen LogP contribution in [0.25, 0.3) is 11.3 Å². The Bertz CT molecular complexity index is 1200. The third-order valence-corrected chi connectivity index (χ3v) is 7.13. The second-order valence-corrected chi connectivity index (χ2v) is 9.09. The third kappa shape index (κ3) is 3.96. The average molecular weight is 460 g/mol. The minimum absolute atomic E-state index is 0.0858. The molecule has 1 spiro atoms. The molecule has 0 radical (unpaired) electrons. The number of amides is 1. The first-order valence-electron chi connectivity index (χ1n) is 11.6. The van der Waals surface area contributed by atoms with E-state index in [1.165, 1.54) is 12.7 Å². The number of furan rings is 1. The number of methoxy groups -OCH3 is 1. The smallest absolute Gasteiger partial charge is 0.325 e. The number of rotatable bonds is 5.